The van der Waals surface area contributed by atoms with Crippen LogP contribution in [0.2, 0.25) is 0 Å². The summed E-state index contributed by atoms with van der Waals surface area (Å²) < 4.78 is 1.92. The van der Waals surface area contributed by atoms with Crippen LogP contribution in [0.4, 0.5) is 4.79 Å². The summed E-state index contributed by atoms with van der Waals surface area (Å²) >= 11 is 0. The van der Waals surface area contributed by atoms with E-state index in [4.69, 9.17) is 0 Å². The molecular formula is C17H24N6O. The second-order valence-corrected chi connectivity index (χ2v) is 7.12. The quantitative estimate of drug-likeness (QED) is 0.927. The van der Waals surface area contributed by atoms with Crippen LogP contribution < -0.4 is 5.32 Å². The minimum atomic E-state index is -0.0383. The van der Waals surface area contributed by atoms with Crippen LogP contribution in [0.5, 0.6) is 0 Å². The molecule has 1 aliphatic rings. The van der Waals surface area contributed by atoms with Gasteiger partial charge in [0.1, 0.15) is 0 Å². The molecule has 7 nitrogen and oxygen atoms in total. The Kier molecular flexibility index (Phi) is 4.51. The second kappa shape index (κ2) is 6.59. The second-order valence-electron chi connectivity index (χ2n) is 7.12. The number of nitrogens with one attached hydrogen (secondary N) is 1. The Hall–Kier alpha value is -2.44. The summed E-state index contributed by atoms with van der Waals surface area (Å²) in [7, 11) is 1.96. The van der Waals surface area contributed by atoms with Gasteiger partial charge in [-0.25, -0.2) is 4.79 Å². The number of amides is 2. The molecule has 0 saturated carbocycles. The van der Waals surface area contributed by atoms with Gasteiger partial charge in [-0.15, -0.1) is 0 Å². The van der Waals surface area contributed by atoms with Gasteiger partial charge < -0.3 is 10.2 Å². The van der Waals surface area contributed by atoms with Crippen LogP contribution in [0.1, 0.15) is 30.8 Å². The average Bonchev–Trinajstić information content (AvgIpc) is 2.79. The molecule has 3 heterocycles. The van der Waals surface area contributed by atoms with Gasteiger partial charge in [0.15, 0.2) is 0 Å². The summed E-state index contributed by atoms with van der Waals surface area (Å²) in [6, 6.07) is -0.0383. The Morgan fingerprint density at radius 1 is 1.33 bits per heavy atom. The molecule has 2 amide bonds. The lowest BCUT2D eigenvalue weighted by Crippen LogP contribution is -2.44. The monoisotopic (exact) mass is 328 g/mol. The maximum Gasteiger partial charge on any atom is 0.317 e. The molecule has 0 radical (unpaired) electrons. The van der Waals surface area contributed by atoms with Crippen molar-refractivity contribution in [2.24, 2.45) is 12.5 Å². The lowest BCUT2D eigenvalue weighted by molar-refractivity contribution is 0.168. The lowest BCUT2D eigenvalue weighted by Gasteiger charge is -2.29. The molecule has 7 heteroatoms. The van der Waals surface area contributed by atoms with Gasteiger partial charge in [-0.2, -0.15) is 5.10 Å². The van der Waals surface area contributed by atoms with Crippen molar-refractivity contribution in [3.05, 3.63) is 41.7 Å². The van der Waals surface area contributed by atoms with Crippen molar-refractivity contribution in [1.29, 1.82) is 0 Å². The smallest absolute Gasteiger partial charge is 0.317 e. The predicted octanol–water partition coefficient (Wildman–Crippen LogP) is 1.55. The van der Waals surface area contributed by atoms with Crippen molar-refractivity contribution in [3.8, 4) is 0 Å². The number of fused-ring (bicyclic) bond motifs is 1. The predicted molar refractivity (Wildman–Crippen MR) is 90.2 cm³/mol. The summed E-state index contributed by atoms with van der Waals surface area (Å²) in [5.74, 6) is 0. The van der Waals surface area contributed by atoms with Gasteiger partial charge in [-0.3, -0.25) is 14.6 Å². The van der Waals surface area contributed by atoms with Crippen LogP contribution in [0, 0.1) is 5.41 Å². The van der Waals surface area contributed by atoms with E-state index >= 15 is 0 Å². The lowest BCUT2D eigenvalue weighted by atomic mass is 9.87. The van der Waals surface area contributed by atoms with Gasteiger partial charge in [-0.05, 0) is 11.8 Å². The Morgan fingerprint density at radius 3 is 2.92 bits per heavy atom. The minimum absolute atomic E-state index is 0.0152. The number of carbonyl (C=O) groups excluding carboxylic acids is 1. The molecule has 0 fully saturated rings. The molecule has 0 spiro atoms. The molecule has 0 aliphatic carbocycles. The first-order valence-electron chi connectivity index (χ1n) is 8.22. The molecule has 3 rings (SSSR count). The molecule has 0 aromatic carbocycles. The number of aromatic nitrogens is 4. The van der Waals surface area contributed by atoms with Gasteiger partial charge >= 0.3 is 6.03 Å². The van der Waals surface area contributed by atoms with E-state index in [0.29, 0.717) is 19.5 Å². The van der Waals surface area contributed by atoms with E-state index in [1.54, 1.807) is 18.6 Å². The standard InChI is InChI=1S/C17H24N6O/c1-17(2)8-15-13(9-21-22(15)3)11-23(12-17)16(24)20-5-4-14-10-18-6-7-19-14/h6-7,9-10H,4-5,8,11-12H2,1-3H3,(H,20,24). The molecule has 0 bridgehead atoms. The molecule has 0 saturated heterocycles. The van der Waals surface area contributed by atoms with Crippen LogP contribution in [-0.2, 0) is 26.4 Å². The highest BCUT2D eigenvalue weighted by atomic mass is 16.2. The number of hydrogen-bond acceptors (Lipinski definition) is 4. The van der Waals surface area contributed by atoms with Crippen molar-refractivity contribution < 1.29 is 4.79 Å². The van der Waals surface area contributed by atoms with E-state index in [0.717, 1.165) is 24.2 Å². The summed E-state index contributed by atoms with van der Waals surface area (Å²) in [6.07, 6.45) is 8.50. The third-order valence-corrected chi connectivity index (χ3v) is 4.34. The van der Waals surface area contributed by atoms with Crippen LogP contribution >= 0.6 is 0 Å². The Balaban J connectivity index is 1.63. The van der Waals surface area contributed by atoms with Crippen molar-refractivity contribution >= 4 is 6.03 Å². The van der Waals surface area contributed by atoms with Crippen molar-refractivity contribution in [2.45, 2.75) is 33.2 Å². The van der Waals surface area contributed by atoms with Crippen LogP contribution in [0.15, 0.2) is 24.8 Å². The SMILES string of the molecule is Cn1ncc2c1CC(C)(C)CN(C(=O)NCCc1cnccn1)C2. The molecule has 2 aromatic rings. The number of carbonyl (C=O) groups is 1. The molecule has 1 aliphatic heterocycles. The summed E-state index contributed by atoms with van der Waals surface area (Å²) in [5, 5.41) is 7.34. The fourth-order valence-corrected chi connectivity index (χ4v) is 3.17. The third kappa shape index (κ3) is 3.72. The third-order valence-electron chi connectivity index (χ3n) is 4.34. The average molecular weight is 328 g/mol. The largest absolute Gasteiger partial charge is 0.338 e. The van der Waals surface area contributed by atoms with E-state index < -0.39 is 0 Å². The highest BCUT2D eigenvalue weighted by molar-refractivity contribution is 5.74. The van der Waals surface area contributed by atoms with E-state index in [2.05, 4.69) is 34.2 Å². The highest BCUT2D eigenvalue weighted by Crippen LogP contribution is 2.29. The van der Waals surface area contributed by atoms with E-state index in [1.165, 1.54) is 5.69 Å². The maximum atomic E-state index is 12.6. The molecule has 2 aromatic heterocycles. The molecule has 24 heavy (non-hydrogen) atoms. The summed E-state index contributed by atoms with van der Waals surface area (Å²) in [5.41, 5.74) is 3.24. The van der Waals surface area contributed by atoms with Gasteiger partial charge in [0, 0.05) is 56.4 Å². The normalized spacial score (nSPS) is 16.4. The number of rotatable bonds is 3. The number of nitrogens with zero attached hydrogens (tertiary/aromatic N) is 5. The molecule has 128 valence electrons. The zero-order chi connectivity index (χ0) is 17.2. The van der Waals surface area contributed by atoms with Crippen molar-refractivity contribution in [1.82, 2.24) is 30.0 Å². The Bertz CT molecular complexity index is 709. The summed E-state index contributed by atoms with van der Waals surface area (Å²) in [4.78, 5) is 22.7. The van der Waals surface area contributed by atoms with Crippen molar-refractivity contribution in [2.75, 3.05) is 13.1 Å². The fraction of sp³-hybridized carbons (Fsp3) is 0.529. The topological polar surface area (TPSA) is 75.9 Å². The van der Waals surface area contributed by atoms with Gasteiger partial charge in [0.2, 0.25) is 0 Å². The van der Waals surface area contributed by atoms with Crippen molar-refractivity contribution in [3.63, 3.8) is 0 Å². The summed E-state index contributed by atoms with van der Waals surface area (Å²) in [6.45, 7) is 6.25. The Labute approximate surface area is 142 Å². The molecular weight excluding hydrogens is 304 g/mol. The van der Waals surface area contributed by atoms with Crippen LogP contribution in [-0.4, -0.2) is 43.8 Å². The van der Waals surface area contributed by atoms with Gasteiger partial charge in [0.25, 0.3) is 0 Å². The maximum absolute atomic E-state index is 12.6. The fourth-order valence-electron chi connectivity index (χ4n) is 3.17. The first-order chi connectivity index (χ1) is 11.4. The number of urea groups is 1. The highest BCUT2D eigenvalue weighted by Gasteiger charge is 2.31. The van der Waals surface area contributed by atoms with E-state index in [-0.39, 0.29) is 11.4 Å². The zero-order valence-corrected chi connectivity index (χ0v) is 14.5. The minimum Gasteiger partial charge on any atom is -0.338 e. The number of hydrogen-bond donors (Lipinski definition) is 1. The van der Waals surface area contributed by atoms with Gasteiger partial charge in [0.05, 0.1) is 18.4 Å². The first kappa shape index (κ1) is 16.4. The number of aryl methyl sites for hydroxylation is 1. The van der Waals surface area contributed by atoms with Gasteiger partial charge in [-0.1, -0.05) is 13.8 Å². The van der Waals surface area contributed by atoms with E-state index in [1.807, 2.05) is 22.8 Å². The zero-order valence-electron chi connectivity index (χ0n) is 14.5. The van der Waals surface area contributed by atoms with Crippen LogP contribution in [0.25, 0.3) is 0 Å². The van der Waals surface area contributed by atoms with E-state index in [9.17, 15) is 4.79 Å². The molecule has 0 unspecified atom stereocenters. The molecule has 1 N–H and O–H groups in total. The molecule has 0 atom stereocenters. The first-order valence-corrected chi connectivity index (χ1v) is 8.22. The van der Waals surface area contributed by atoms with Crippen LogP contribution in [0.3, 0.4) is 0 Å². The Morgan fingerprint density at radius 2 is 2.17 bits per heavy atom.